The van der Waals surface area contributed by atoms with Crippen molar-refractivity contribution in [1.29, 1.82) is 0 Å². The van der Waals surface area contributed by atoms with Gasteiger partial charge in [0.05, 0.1) is 19.4 Å². The number of nitrogens with zero attached hydrogens (tertiary/aromatic N) is 1. The van der Waals surface area contributed by atoms with Crippen LogP contribution in [0.4, 0.5) is 5.69 Å². The van der Waals surface area contributed by atoms with Gasteiger partial charge in [0.1, 0.15) is 5.75 Å². The lowest BCUT2D eigenvalue weighted by Crippen LogP contribution is -2.24. The average Bonchev–Trinajstić information content (AvgIpc) is 2.61. The summed E-state index contributed by atoms with van der Waals surface area (Å²) >= 11 is 0. The minimum atomic E-state index is -0.362. The van der Waals surface area contributed by atoms with Crippen LogP contribution < -0.4 is 20.2 Å². The van der Waals surface area contributed by atoms with Crippen molar-refractivity contribution in [2.24, 2.45) is 0 Å². The van der Waals surface area contributed by atoms with E-state index in [1.165, 1.54) is 6.07 Å². The first-order valence-electron chi connectivity index (χ1n) is 7.81. The summed E-state index contributed by atoms with van der Waals surface area (Å²) in [6.07, 6.45) is 1.68. The second-order valence-corrected chi connectivity index (χ2v) is 5.35. The van der Waals surface area contributed by atoms with Crippen molar-refractivity contribution in [3.8, 4) is 11.5 Å². The number of ether oxygens (including phenoxy) is 3. The number of aromatic nitrogens is 1. The van der Waals surface area contributed by atoms with Crippen molar-refractivity contribution in [2.45, 2.75) is 13.5 Å². The lowest BCUT2D eigenvalue weighted by Gasteiger charge is -2.14. The van der Waals surface area contributed by atoms with E-state index < -0.39 is 0 Å². The van der Waals surface area contributed by atoms with Crippen LogP contribution in [0, 0.1) is 6.92 Å². The van der Waals surface area contributed by atoms with Gasteiger partial charge in [-0.2, -0.15) is 0 Å². The molecule has 1 aromatic carbocycles. The van der Waals surface area contributed by atoms with Gasteiger partial charge in [0.25, 0.3) is 5.91 Å². The number of hydrogen-bond acceptors (Lipinski definition) is 5. The third-order valence-electron chi connectivity index (χ3n) is 3.63. The van der Waals surface area contributed by atoms with Gasteiger partial charge in [-0.1, -0.05) is 6.07 Å². The van der Waals surface area contributed by atoms with Crippen LogP contribution in [-0.2, 0) is 16.1 Å². The Kier molecular flexibility index (Phi) is 6.59. The largest absolute Gasteiger partial charge is 0.497 e. The average molecular weight is 346 g/mol. The maximum absolute atomic E-state index is 12.1. The highest BCUT2D eigenvalue weighted by Crippen LogP contribution is 2.17. The molecular formula is C18H22N2O5. The molecule has 134 valence electrons. The number of amides is 1. The second-order valence-electron chi connectivity index (χ2n) is 5.35. The maximum Gasteiger partial charge on any atom is 0.262 e. The summed E-state index contributed by atoms with van der Waals surface area (Å²) < 4.78 is 17.5. The number of hydrogen-bond donors (Lipinski definition) is 1. The number of pyridine rings is 1. The zero-order valence-electron chi connectivity index (χ0n) is 14.6. The fraction of sp³-hybridized carbons (Fsp3) is 0.333. The van der Waals surface area contributed by atoms with Crippen molar-refractivity contribution in [3.05, 3.63) is 52.4 Å². The molecule has 0 fully saturated rings. The summed E-state index contributed by atoms with van der Waals surface area (Å²) in [6.45, 7) is 2.61. The SMILES string of the molecule is COCCn1ccc(=O)c(OCC(=O)Nc2cccc(OC)c2)c1C. The Morgan fingerprint density at radius 2 is 2.04 bits per heavy atom. The first-order valence-corrected chi connectivity index (χ1v) is 7.81. The van der Waals surface area contributed by atoms with Gasteiger partial charge < -0.3 is 24.1 Å². The summed E-state index contributed by atoms with van der Waals surface area (Å²) in [5, 5.41) is 2.70. The van der Waals surface area contributed by atoms with Crippen molar-refractivity contribution < 1.29 is 19.0 Å². The zero-order valence-corrected chi connectivity index (χ0v) is 14.6. The zero-order chi connectivity index (χ0) is 18.2. The predicted octanol–water partition coefficient (Wildman–Crippen LogP) is 1.83. The molecule has 0 saturated carbocycles. The fourth-order valence-electron chi connectivity index (χ4n) is 2.30. The highest BCUT2D eigenvalue weighted by Gasteiger charge is 2.11. The van der Waals surface area contributed by atoms with Crippen molar-refractivity contribution >= 4 is 11.6 Å². The Labute approximate surface area is 146 Å². The monoisotopic (exact) mass is 346 g/mol. The van der Waals surface area contributed by atoms with Gasteiger partial charge in [0.2, 0.25) is 5.43 Å². The molecule has 0 unspecified atom stereocenters. The maximum atomic E-state index is 12.1. The molecular weight excluding hydrogens is 324 g/mol. The molecule has 1 N–H and O–H groups in total. The molecule has 0 aliphatic carbocycles. The summed E-state index contributed by atoms with van der Waals surface area (Å²) in [6, 6.07) is 8.40. The molecule has 7 nitrogen and oxygen atoms in total. The van der Waals surface area contributed by atoms with E-state index in [-0.39, 0.29) is 23.7 Å². The number of carbonyl (C=O) groups is 1. The minimum absolute atomic E-state index is 0.166. The Bertz CT molecular complexity index is 785. The highest BCUT2D eigenvalue weighted by atomic mass is 16.5. The van der Waals surface area contributed by atoms with Crippen LogP contribution in [0.2, 0.25) is 0 Å². The normalized spacial score (nSPS) is 10.4. The summed E-state index contributed by atoms with van der Waals surface area (Å²) in [4.78, 5) is 24.1. The van der Waals surface area contributed by atoms with Crippen LogP contribution in [0.25, 0.3) is 0 Å². The smallest absolute Gasteiger partial charge is 0.262 e. The molecule has 7 heteroatoms. The van der Waals surface area contributed by atoms with E-state index in [0.717, 1.165) is 0 Å². The number of carbonyl (C=O) groups excluding carboxylic acids is 1. The lowest BCUT2D eigenvalue weighted by molar-refractivity contribution is -0.118. The summed E-state index contributed by atoms with van der Waals surface area (Å²) in [5.41, 5.74) is 0.981. The van der Waals surface area contributed by atoms with Crippen LogP contribution in [0.5, 0.6) is 11.5 Å². The van der Waals surface area contributed by atoms with E-state index in [2.05, 4.69) is 5.32 Å². The highest BCUT2D eigenvalue weighted by molar-refractivity contribution is 5.92. The van der Waals surface area contributed by atoms with E-state index in [9.17, 15) is 9.59 Å². The fourth-order valence-corrected chi connectivity index (χ4v) is 2.30. The molecule has 0 spiro atoms. The molecule has 1 heterocycles. The van der Waals surface area contributed by atoms with E-state index in [0.29, 0.717) is 30.3 Å². The van der Waals surface area contributed by atoms with Gasteiger partial charge in [-0.3, -0.25) is 9.59 Å². The molecule has 2 rings (SSSR count). The van der Waals surface area contributed by atoms with E-state index in [1.807, 2.05) is 4.57 Å². The first-order chi connectivity index (χ1) is 12.0. The molecule has 1 amide bonds. The predicted molar refractivity (Wildman–Crippen MR) is 94.4 cm³/mol. The van der Waals surface area contributed by atoms with Crippen molar-refractivity contribution in [1.82, 2.24) is 4.57 Å². The molecule has 1 aromatic heterocycles. The number of nitrogens with one attached hydrogen (secondary N) is 1. The standard InChI is InChI=1S/C18H22N2O5/c1-13-18(16(21)7-8-20(13)9-10-23-2)25-12-17(22)19-14-5-4-6-15(11-14)24-3/h4-8,11H,9-10,12H2,1-3H3,(H,19,22). The number of benzene rings is 1. The van der Waals surface area contributed by atoms with Crippen molar-refractivity contribution in [3.63, 3.8) is 0 Å². The molecule has 0 bridgehead atoms. The molecule has 0 atom stereocenters. The summed E-state index contributed by atoms with van der Waals surface area (Å²) in [7, 11) is 3.16. The van der Waals surface area contributed by atoms with Gasteiger partial charge in [-0.25, -0.2) is 0 Å². The minimum Gasteiger partial charge on any atom is -0.497 e. The van der Waals surface area contributed by atoms with E-state index in [4.69, 9.17) is 14.2 Å². The second kappa shape index (κ2) is 8.89. The lowest BCUT2D eigenvalue weighted by atomic mass is 10.3. The van der Waals surface area contributed by atoms with E-state index in [1.54, 1.807) is 51.6 Å². The van der Waals surface area contributed by atoms with Gasteiger partial charge in [0, 0.05) is 37.7 Å². The van der Waals surface area contributed by atoms with Gasteiger partial charge in [0.15, 0.2) is 12.4 Å². The van der Waals surface area contributed by atoms with Crippen molar-refractivity contribution in [2.75, 3.05) is 32.8 Å². The molecule has 0 aliphatic heterocycles. The third-order valence-corrected chi connectivity index (χ3v) is 3.63. The molecule has 2 aromatic rings. The topological polar surface area (TPSA) is 78.8 Å². The van der Waals surface area contributed by atoms with Gasteiger partial charge >= 0.3 is 0 Å². The van der Waals surface area contributed by atoms with Gasteiger partial charge in [-0.15, -0.1) is 0 Å². The molecule has 0 aliphatic rings. The quantitative estimate of drug-likeness (QED) is 0.789. The Morgan fingerprint density at radius 3 is 2.76 bits per heavy atom. The Morgan fingerprint density at radius 1 is 1.24 bits per heavy atom. The molecule has 25 heavy (non-hydrogen) atoms. The molecule has 0 radical (unpaired) electrons. The van der Waals surface area contributed by atoms with Crippen LogP contribution in [0.1, 0.15) is 5.69 Å². The van der Waals surface area contributed by atoms with Gasteiger partial charge in [-0.05, 0) is 19.1 Å². The summed E-state index contributed by atoms with van der Waals surface area (Å²) in [5.74, 6) is 0.442. The third kappa shape index (κ3) is 5.09. The Balaban J connectivity index is 2.02. The van der Waals surface area contributed by atoms with Crippen LogP contribution in [-0.4, -0.2) is 37.9 Å². The number of rotatable bonds is 8. The van der Waals surface area contributed by atoms with Crippen LogP contribution >= 0.6 is 0 Å². The number of anilines is 1. The van der Waals surface area contributed by atoms with Crippen LogP contribution in [0.3, 0.4) is 0 Å². The number of methoxy groups -OCH3 is 2. The Hall–Kier alpha value is -2.80. The molecule has 0 saturated heterocycles. The van der Waals surface area contributed by atoms with E-state index >= 15 is 0 Å². The van der Waals surface area contributed by atoms with Crippen LogP contribution in [0.15, 0.2) is 41.3 Å². The first kappa shape index (κ1) is 18.5.